The molecular formula is C8H7F6N2O3P. The highest BCUT2D eigenvalue weighted by Crippen LogP contribution is 2.43. The first-order valence-electron chi connectivity index (χ1n) is 4.68. The highest BCUT2D eigenvalue weighted by atomic mass is 31.2. The Hall–Kier alpha value is -1.29. The minimum Gasteiger partial charge on any atom is -0.311 e. The van der Waals surface area contributed by atoms with Crippen molar-refractivity contribution in [3.8, 4) is 0 Å². The first-order valence-corrected chi connectivity index (χ1v) is 6.30. The summed E-state index contributed by atoms with van der Waals surface area (Å²) in [7, 11) is -5.07. The molecular weight excluding hydrogens is 317 g/mol. The van der Waals surface area contributed by atoms with E-state index in [1.54, 1.807) is 0 Å². The molecule has 0 bridgehead atoms. The molecule has 0 aliphatic rings. The molecule has 0 amide bonds. The van der Waals surface area contributed by atoms with Crippen molar-refractivity contribution in [2.75, 3.05) is 5.43 Å². The molecule has 4 N–H and O–H groups in total. The molecule has 0 fully saturated rings. The highest BCUT2D eigenvalue weighted by molar-refractivity contribution is 7.49. The molecule has 0 aliphatic carbocycles. The van der Waals surface area contributed by atoms with E-state index in [9.17, 15) is 30.9 Å². The number of halogens is 6. The standard InChI is InChI=1S/C8H7F6N2O3P/c9-7(10,11)4-2-1-3-5(8(12,13)14)6(4)15-16-20(17,18)19/h1-3,15H,(H3,16,17,18,19). The third-order valence-electron chi connectivity index (χ3n) is 2.00. The molecule has 0 aromatic heterocycles. The number of rotatable bonds is 3. The molecule has 0 aliphatic heterocycles. The summed E-state index contributed by atoms with van der Waals surface area (Å²) in [5.74, 6) is 0. The quantitative estimate of drug-likeness (QED) is 0.390. The first kappa shape index (κ1) is 16.8. The number of alkyl halides is 6. The van der Waals surface area contributed by atoms with Crippen LogP contribution in [0, 0.1) is 0 Å². The van der Waals surface area contributed by atoms with Gasteiger partial charge in [0, 0.05) is 0 Å². The molecule has 0 spiro atoms. The van der Waals surface area contributed by atoms with Crippen molar-refractivity contribution in [1.29, 1.82) is 0 Å². The molecule has 0 heterocycles. The molecule has 1 aromatic rings. The number of hydrogen-bond acceptors (Lipinski definition) is 2. The Labute approximate surface area is 107 Å². The average Bonchev–Trinajstić information content (AvgIpc) is 2.22. The Bertz CT molecular complexity index is 506. The van der Waals surface area contributed by atoms with E-state index in [1.807, 2.05) is 0 Å². The van der Waals surface area contributed by atoms with Crippen LogP contribution in [0.3, 0.4) is 0 Å². The molecule has 0 saturated carbocycles. The summed E-state index contributed by atoms with van der Waals surface area (Å²) >= 11 is 0. The van der Waals surface area contributed by atoms with Crippen LogP contribution < -0.4 is 10.6 Å². The van der Waals surface area contributed by atoms with Gasteiger partial charge in [-0.1, -0.05) is 6.07 Å². The van der Waals surface area contributed by atoms with Crippen LogP contribution in [0.15, 0.2) is 18.2 Å². The SMILES string of the molecule is O=P(O)(O)NNc1c(C(F)(F)F)cccc1C(F)(F)F. The Kier molecular flexibility index (Phi) is 4.39. The topological polar surface area (TPSA) is 81.6 Å². The minimum atomic E-state index is -5.14. The van der Waals surface area contributed by atoms with Gasteiger partial charge < -0.3 is 15.2 Å². The minimum absolute atomic E-state index is 0.346. The monoisotopic (exact) mass is 324 g/mol. The van der Waals surface area contributed by atoms with Gasteiger partial charge in [0.2, 0.25) is 0 Å². The van der Waals surface area contributed by atoms with Crippen molar-refractivity contribution in [3.63, 3.8) is 0 Å². The molecule has 20 heavy (non-hydrogen) atoms. The molecule has 0 atom stereocenters. The Morgan fingerprint density at radius 3 is 1.65 bits per heavy atom. The van der Waals surface area contributed by atoms with E-state index in [4.69, 9.17) is 9.79 Å². The van der Waals surface area contributed by atoms with Gasteiger partial charge in [-0.3, -0.25) is 0 Å². The van der Waals surface area contributed by atoms with Crippen LogP contribution >= 0.6 is 7.75 Å². The second kappa shape index (κ2) is 5.24. The van der Waals surface area contributed by atoms with Gasteiger partial charge in [0.25, 0.3) is 0 Å². The molecule has 1 rings (SSSR count). The van der Waals surface area contributed by atoms with Crippen LogP contribution in [0.4, 0.5) is 32.0 Å². The first-order chi connectivity index (χ1) is 8.82. The lowest BCUT2D eigenvalue weighted by atomic mass is 10.1. The van der Waals surface area contributed by atoms with Crippen molar-refractivity contribution in [3.05, 3.63) is 29.3 Å². The van der Waals surface area contributed by atoms with Crippen molar-refractivity contribution in [2.24, 2.45) is 0 Å². The summed E-state index contributed by atoms with van der Waals surface area (Å²) in [6.45, 7) is 0. The average molecular weight is 324 g/mol. The smallest absolute Gasteiger partial charge is 0.311 e. The molecule has 1 aromatic carbocycles. The van der Waals surface area contributed by atoms with E-state index in [-0.39, 0.29) is 0 Å². The normalized spacial score (nSPS) is 13.4. The van der Waals surface area contributed by atoms with Crippen molar-refractivity contribution >= 4 is 13.4 Å². The van der Waals surface area contributed by atoms with E-state index in [0.717, 1.165) is 5.20 Å². The van der Waals surface area contributed by atoms with E-state index >= 15 is 0 Å². The highest BCUT2D eigenvalue weighted by Gasteiger charge is 2.41. The second-order valence-corrected chi connectivity index (χ2v) is 4.82. The summed E-state index contributed by atoms with van der Waals surface area (Å²) < 4.78 is 86.1. The van der Waals surface area contributed by atoms with Crippen molar-refractivity contribution in [2.45, 2.75) is 12.4 Å². The van der Waals surface area contributed by atoms with Crippen LogP contribution in [-0.4, -0.2) is 9.79 Å². The predicted molar refractivity (Wildman–Crippen MR) is 55.2 cm³/mol. The van der Waals surface area contributed by atoms with Crippen LogP contribution in [-0.2, 0) is 16.9 Å². The molecule has 0 saturated heterocycles. The van der Waals surface area contributed by atoms with Gasteiger partial charge in [0.05, 0.1) is 16.8 Å². The third-order valence-corrected chi connectivity index (χ3v) is 2.40. The zero-order chi connectivity index (χ0) is 15.8. The molecule has 0 unspecified atom stereocenters. The van der Waals surface area contributed by atoms with E-state index < -0.39 is 36.9 Å². The Balaban J connectivity index is 3.37. The van der Waals surface area contributed by atoms with Crippen molar-refractivity contribution in [1.82, 2.24) is 5.20 Å². The maximum atomic E-state index is 12.6. The zero-order valence-electron chi connectivity index (χ0n) is 9.25. The lowest BCUT2D eigenvalue weighted by Gasteiger charge is -2.20. The third kappa shape index (κ3) is 4.37. The molecule has 114 valence electrons. The summed E-state index contributed by atoms with van der Waals surface area (Å²) in [5, 5.41) is 1.08. The predicted octanol–water partition coefficient (Wildman–Crippen LogP) is 2.73. The number of hydrazine groups is 1. The lowest BCUT2D eigenvalue weighted by Crippen LogP contribution is -2.24. The van der Waals surface area contributed by atoms with Gasteiger partial charge in [-0.05, 0) is 12.1 Å². The van der Waals surface area contributed by atoms with Crippen LogP contribution in [0.25, 0.3) is 0 Å². The fraction of sp³-hybridized carbons (Fsp3) is 0.250. The zero-order valence-corrected chi connectivity index (χ0v) is 10.1. The molecule has 0 radical (unpaired) electrons. The van der Waals surface area contributed by atoms with E-state index in [2.05, 4.69) is 0 Å². The maximum Gasteiger partial charge on any atom is 0.418 e. The number of para-hydroxylation sites is 1. The van der Waals surface area contributed by atoms with Crippen LogP contribution in [0.5, 0.6) is 0 Å². The van der Waals surface area contributed by atoms with Gasteiger partial charge in [-0.2, -0.15) is 26.3 Å². The number of anilines is 1. The van der Waals surface area contributed by atoms with Crippen molar-refractivity contribution < 1.29 is 40.7 Å². The number of benzene rings is 1. The summed E-state index contributed by atoms with van der Waals surface area (Å²) in [5.41, 5.74) is -3.67. The fourth-order valence-corrected chi connectivity index (χ4v) is 1.55. The van der Waals surface area contributed by atoms with Gasteiger partial charge in [0.15, 0.2) is 0 Å². The maximum absolute atomic E-state index is 12.6. The van der Waals surface area contributed by atoms with Crippen LogP contribution in [0.2, 0.25) is 0 Å². The summed E-state index contributed by atoms with van der Waals surface area (Å²) in [6, 6.07) is 1.23. The van der Waals surface area contributed by atoms with Gasteiger partial charge in [-0.15, -0.1) is 5.20 Å². The molecule has 12 heteroatoms. The van der Waals surface area contributed by atoms with Gasteiger partial charge >= 0.3 is 20.1 Å². The summed E-state index contributed by atoms with van der Waals surface area (Å²) in [6.07, 6.45) is -10.3. The Morgan fingerprint density at radius 2 is 1.35 bits per heavy atom. The number of hydrogen-bond donors (Lipinski definition) is 4. The summed E-state index contributed by atoms with van der Waals surface area (Å²) in [4.78, 5) is 16.9. The Morgan fingerprint density at radius 1 is 0.950 bits per heavy atom. The lowest BCUT2D eigenvalue weighted by molar-refractivity contribution is -0.141. The van der Waals surface area contributed by atoms with E-state index in [0.29, 0.717) is 18.2 Å². The van der Waals surface area contributed by atoms with Gasteiger partial charge in [0.1, 0.15) is 0 Å². The second-order valence-electron chi connectivity index (χ2n) is 3.50. The van der Waals surface area contributed by atoms with Crippen LogP contribution in [0.1, 0.15) is 11.1 Å². The van der Waals surface area contributed by atoms with Gasteiger partial charge in [-0.25, -0.2) is 4.57 Å². The largest absolute Gasteiger partial charge is 0.418 e. The van der Waals surface area contributed by atoms with E-state index in [1.165, 1.54) is 5.43 Å². The number of nitrogens with one attached hydrogen (secondary N) is 2. The fourth-order valence-electron chi connectivity index (χ4n) is 1.29. The molecule has 5 nitrogen and oxygen atoms in total.